The lowest BCUT2D eigenvalue weighted by atomic mass is 9.76. The predicted molar refractivity (Wildman–Crippen MR) is 569 cm³/mol. The third-order valence-corrected chi connectivity index (χ3v) is 33.0. The summed E-state index contributed by atoms with van der Waals surface area (Å²) in [5, 5.41) is 45.1. The number of benzene rings is 25. The van der Waals surface area contributed by atoms with E-state index in [0.717, 1.165) is 81.6 Å². The van der Waals surface area contributed by atoms with E-state index >= 15 is 0 Å². The van der Waals surface area contributed by atoms with Crippen LogP contribution in [0.3, 0.4) is 0 Å². The third-order valence-electron chi connectivity index (χ3n) is 31.0. The number of hydrogen-bond donors (Lipinski definition) is 0. The van der Waals surface area contributed by atoms with Crippen LogP contribution in [0, 0.1) is 13.8 Å². The number of aromatic nitrogens is 4. The summed E-state index contributed by atoms with van der Waals surface area (Å²) in [6.07, 6.45) is 0. The first kappa shape index (κ1) is 72.0. The van der Waals surface area contributed by atoms with Crippen LogP contribution in [0.1, 0.15) is 11.1 Å². The lowest BCUT2D eigenvalue weighted by Crippen LogP contribution is -2.13. The molecule has 0 fully saturated rings. The molecular weight excluding hydrogens is 1670 g/mol. The van der Waals surface area contributed by atoms with Gasteiger partial charge in [-0.25, -0.2) is 9.97 Å². The molecule has 2 aliphatic carbocycles. The fourth-order valence-electron chi connectivity index (χ4n) is 25.8. The van der Waals surface area contributed by atoms with Gasteiger partial charge in [0, 0.05) is 64.3 Å². The molecule has 25 aromatic carbocycles. The molecule has 134 heavy (non-hydrogen) atoms. The van der Waals surface area contributed by atoms with E-state index < -0.39 is 0 Å². The maximum atomic E-state index is 14.5. The molecule has 0 unspecified atom stereocenters. The molecule has 0 amide bonds. The fraction of sp³-hybridized carbons (Fsp3) is 0.0159. The van der Waals surface area contributed by atoms with E-state index in [1.54, 1.807) is 8.80 Å². The van der Waals surface area contributed by atoms with Crippen LogP contribution in [0.2, 0.25) is 0 Å². The number of imidazole rings is 2. The number of thiophene rings is 2. The van der Waals surface area contributed by atoms with Crippen molar-refractivity contribution in [3.63, 3.8) is 0 Å². The van der Waals surface area contributed by atoms with Crippen molar-refractivity contribution >= 4 is 239 Å². The van der Waals surface area contributed by atoms with Crippen molar-refractivity contribution in [3.05, 3.63) is 394 Å². The Morgan fingerprint density at radius 2 is 0.418 bits per heavy atom. The molecule has 0 saturated carbocycles. The van der Waals surface area contributed by atoms with E-state index in [2.05, 4.69) is 328 Å². The number of hydrogen-bond acceptors (Lipinski definition) is 6. The van der Waals surface area contributed by atoms with Gasteiger partial charge in [0.25, 0.3) is 11.1 Å². The van der Waals surface area contributed by atoms with E-state index in [1.165, 1.54) is 250 Å². The molecule has 8 heteroatoms. The van der Waals surface area contributed by atoms with Crippen molar-refractivity contribution in [3.8, 4) is 110 Å². The Labute approximate surface area is 770 Å². The largest absolute Gasteiger partial charge is 0.268 e. The van der Waals surface area contributed by atoms with E-state index in [1.807, 2.05) is 71.2 Å². The molecule has 0 N–H and O–H groups in total. The van der Waals surface area contributed by atoms with E-state index in [-0.39, 0.29) is 11.1 Å². The van der Waals surface area contributed by atoms with Crippen LogP contribution in [-0.4, -0.2) is 18.8 Å². The minimum absolute atomic E-state index is 0.0164. The van der Waals surface area contributed by atoms with E-state index in [9.17, 15) is 9.59 Å². The topological polar surface area (TPSA) is 68.7 Å². The maximum Gasteiger partial charge on any atom is 0.264 e. The van der Waals surface area contributed by atoms with Gasteiger partial charge in [0.15, 0.2) is 0 Å². The predicted octanol–water partition coefficient (Wildman–Crippen LogP) is 34.0. The van der Waals surface area contributed by atoms with E-state index in [0.29, 0.717) is 5.65 Å². The van der Waals surface area contributed by atoms with Crippen LogP contribution >= 0.6 is 22.7 Å². The Bertz CT molecular complexity index is 10500. The molecule has 0 atom stereocenters. The zero-order valence-corrected chi connectivity index (χ0v) is 73.7. The highest BCUT2D eigenvalue weighted by atomic mass is 32.1. The summed E-state index contributed by atoms with van der Waals surface area (Å²) in [5.41, 5.74) is 30.4. The van der Waals surface area contributed by atoms with Gasteiger partial charge in [0.05, 0.1) is 22.1 Å². The average molecular weight is 1730 g/mol. The molecule has 0 spiro atoms. The molecular formula is C126H66N4O2S2. The molecule has 0 saturated heterocycles. The number of aryl methyl sites for hydroxylation is 2. The standard InChI is InChI=1S/C68H36N2O.C58H30N2OS2/c71-68-52-36-32-48-44-28-26-42-46-30-34-50-63-49(33-29-45(61(46)63)41-25-27-43(60(44)59(41)42)47-31-35-51(64(52)62(47)48)67-69-53-23-13-14-24-54(53)70(67)68)65-57(39-19-9-3-10-20-39)55(37-15-5-1-6-16-37)56(38-17-7-2-8-18-38)58(66(50)65)40-21-11-4-12-22-40;1-27-23-25-62-55(27)53-29-7-3-4-8-30(29)54(56-28(2)24-26-63-56)52-40-20-16-36-32-12-14-34-38-18-22-42-50-41(57-59-43-9-5-6-10-44(43)60(57)58(42)61)21-17-37(48(38)50)33-13-11-31(45(32)46(33)34)35-15-19-39(51(52)53)49(40)47(35)36/h1-36H;3-26H,1-2H3. The van der Waals surface area contributed by atoms with Crippen LogP contribution in [0.25, 0.3) is 326 Å². The number of fused-ring (bicyclic) bond motifs is 23. The van der Waals surface area contributed by atoms with Crippen LogP contribution < -0.4 is 11.1 Å². The second-order valence-corrected chi connectivity index (χ2v) is 39.0. The summed E-state index contributed by atoms with van der Waals surface area (Å²) >= 11 is 3.71. The second-order valence-electron chi connectivity index (χ2n) is 37.2. The smallest absolute Gasteiger partial charge is 0.264 e. The Kier molecular flexibility index (Phi) is 13.8. The monoisotopic (exact) mass is 1730 g/mol. The molecule has 6 heterocycles. The number of rotatable bonds is 6. The summed E-state index contributed by atoms with van der Waals surface area (Å²) in [7, 11) is 0. The summed E-state index contributed by atoms with van der Waals surface area (Å²) in [6.45, 7) is 4.53. The Morgan fingerprint density at radius 1 is 0.194 bits per heavy atom. The van der Waals surface area contributed by atoms with Gasteiger partial charge in [-0.05, 0) is 325 Å². The first-order valence-corrected chi connectivity index (χ1v) is 47.8. The Hall–Kier alpha value is -16.9. The normalized spacial score (nSPS) is 12.8. The molecule has 31 aromatic rings. The SMILES string of the molecule is Cc1ccsc1-c1c2c(c(-c3sccc3C)c3ccccc13)-c1ccc3c4ccc5c6ccc7c8c(ccc(c9ccc(c%10ccc-2c1c%103)c4c95)c68)c(=O)n1c2ccccc2nc71.O=c1c2ccc3c4ccc5c6ccc7c8c(ccc(c9ccc(c%10ccc(c2c3%10)c2nc3ccccc3n12)c4c59)c86)-c1c(-c2ccccc2)c(-c2ccccc2)c(-c2ccccc2)c(-c2ccccc2)c1-7. The van der Waals surface area contributed by atoms with Crippen molar-refractivity contribution in [1.29, 1.82) is 0 Å². The number of nitrogens with zero attached hydrogens (tertiary/aromatic N) is 4. The molecule has 0 radical (unpaired) electrons. The van der Waals surface area contributed by atoms with Gasteiger partial charge in [0.2, 0.25) is 0 Å². The van der Waals surface area contributed by atoms with Gasteiger partial charge in [0.1, 0.15) is 11.3 Å². The van der Waals surface area contributed by atoms with Crippen molar-refractivity contribution in [2.24, 2.45) is 0 Å². The molecule has 0 aliphatic heterocycles. The number of pyridine rings is 2. The molecule has 0 bridgehead atoms. The number of para-hydroxylation sites is 4. The zero-order valence-electron chi connectivity index (χ0n) is 72.1. The average Bonchev–Trinajstić information content (AvgIpc) is 1.36. The highest BCUT2D eigenvalue weighted by Gasteiger charge is 2.39. The van der Waals surface area contributed by atoms with Crippen LogP contribution in [0.5, 0.6) is 0 Å². The van der Waals surface area contributed by atoms with Crippen molar-refractivity contribution < 1.29 is 0 Å². The van der Waals surface area contributed by atoms with Crippen LogP contribution in [-0.2, 0) is 0 Å². The maximum absolute atomic E-state index is 14.5. The van der Waals surface area contributed by atoms with Gasteiger partial charge in [-0.15, -0.1) is 22.7 Å². The first-order valence-electron chi connectivity index (χ1n) is 46.1. The lowest BCUT2D eigenvalue weighted by Gasteiger charge is -2.26. The quantitative estimate of drug-likeness (QED) is 0.123. The van der Waals surface area contributed by atoms with Crippen molar-refractivity contribution in [1.82, 2.24) is 18.8 Å². The van der Waals surface area contributed by atoms with Crippen LogP contribution in [0.15, 0.2) is 372 Å². The molecule has 614 valence electrons. The van der Waals surface area contributed by atoms with Crippen molar-refractivity contribution in [2.75, 3.05) is 0 Å². The minimum atomic E-state index is -0.0248. The Balaban J connectivity index is 0.000000124. The van der Waals surface area contributed by atoms with Gasteiger partial charge in [-0.3, -0.25) is 18.4 Å². The fourth-order valence-corrected chi connectivity index (χ4v) is 27.7. The van der Waals surface area contributed by atoms with Gasteiger partial charge < -0.3 is 0 Å². The molecule has 33 rings (SSSR count). The van der Waals surface area contributed by atoms with Crippen LogP contribution in [0.4, 0.5) is 0 Å². The molecule has 6 aromatic heterocycles. The third kappa shape index (κ3) is 8.83. The van der Waals surface area contributed by atoms with E-state index in [4.69, 9.17) is 9.97 Å². The zero-order chi connectivity index (χ0) is 87.4. The highest BCUT2D eigenvalue weighted by Crippen LogP contribution is 2.66. The molecule has 6 nitrogen and oxygen atoms in total. The van der Waals surface area contributed by atoms with Crippen molar-refractivity contribution in [2.45, 2.75) is 13.8 Å². The second kappa shape index (κ2) is 25.6. The summed E-state index contributed by atoms with van der Waals surface area (Å²) in [4.78, 5) is 41.6. The lowest BCUT2D eigenvalue weighted by molar-refractivity contribution is 1.19. The first-order chi connectivity index (χ1) is 66.3. The summed E-state index contributed by atoms with van der Waals surface area (Å²) in [5.74, 6) is 0. The van der Waals surface area contributed by atoms with Gasteiger partial charge in [-0.1, -0.05) is 291 Å². The highest BCUT2D eigenvalue weighted by molar-refractivity contribution is 7.14. The summed E-state index contributed by atoms with van der Waals surface area (Å²) < 4.78 is 3.61. The van der Waals surface area contributed by atoms with Gasteiger partial charge >= 0.3 is 0 Å². The Morgan fingerprint density at radius 3 is 0.701 bits per heavy atom. The minimum Gasteiger partial charge on any atom is -0.268 e. The molecule has 2 aliphatic rings. The summed E-state index contributed by atoms with van der Waals surface area (Å²) in [6, 6.07) is 129. The van der Waals surface area contributed by atoms with Gasteiger partial charge in [-0.2, -0.15) is 0 Å².